The summed E-state index contributed by atoms with van der Waals surface area (Å²) in [7, 11) is 0. The molecule has 0 saturated heterocycles. The molecule has 14 heteroatoms. The molecule has 36 heavy (non-hydrogen) atoms. The highest BCUT2D eigenvalue weighted by Gasteiger charge is 2.33. The Morgan fingerprint density at radius 2 is 1.44 bits per heavy atom. The fourth-order valence-electron chi connectivity index (χ4n) is 3.35. The van der Waals surface area contributed by atoms with Crippen LogP contribution in [0.4, 0.5) is 0 Å². The minimum Gasteiger partial charge on any atom is -0.480 e. The number of hydrogen-bond acceptors (Lipinski definition) is 8. The summed E-state index contributed by atoms with van der Waals surface area (Å²) in [4.78, 5) is 63.9. The van der Waals surface area contributed by atoms with E-state index in [9.17, 15) is 29.4 Å². The minimum absolute atomic E-state index is 0.0116. The maximum atomic E-state index is 13.2. The van der Waals surface area contributed by atoms with E-state index >= 15 is 0 Å². The Hall–Kier alpha value is -3.78. The largest absolute Gasteiger partial charge is 0.480 e. The van der Waals surface area contributed by atoms with Crippen LogP contribution in [0.2, 0.25) is 0 Å². The van der Waals surface area contributed by atoms with Gasteiger partial charge in [0.15, 0.2) is 0 Å². The number of carboxylic acid groups (broad SMARTS) is 1. The smallest absolute Gasteiger partial charge is 0.326 e. The first-order chi connectivity index (χ1) is 17.0. The van der Waals surface area contributed by atoms with Crippen molar-refractivity contribution in [2.75, 3.05) is 0 Å². The van der Waals surface area contributed by atoms with Gasteiger partial charge in [-0.25, -0.2) is 14.8 Å². The Balaban J connectivity index is 2.22. The number of carbonyl (C=O) groups excluding carboxylic acids is 3. The molecule has 2 heterocycles. The third kappa shape index (κ3) is 8.16. The Bertz CT molecular complexity index is 994. The number of hydrogen-bond donors (Lipinski definition) is 8. The maximum absolute atomic E-state index is 13.2. The first kappa shape index (κ1) is 28.5. The lowest BCUT2D eigenvalue weighted by molar-refractivity contribution is -0.142. The molecule has 0 fully saturated rings. The van der Waals surface area contributed by atoms with Crippen LogP contribution >= 0.6 is 0 Å². The SMILES string of the molecule is CCC(C)C(NC(=O)C(N)C(C)O)C(=O)NC(Cc1cnc[nH]1)C(=O)NC(Cc1cnc[nH]1)C(=O)O. The van der Waals surface area contributed by atoms with Crippen molar-refractivity contribution in [3.05, 3.63) is 36.4 Å². The molecule has 14 nitrogen and oxygen atoms in total. The number of nitrogens with two attached hydrogens (primary N) is 1. The average Bonchev–Trinajstić information content (AvgIpc) is 3.54. The molecule has 0 aliphatic heterocycles. The second-order valence-corrected chi connectivity index (χ2v) is 8.66. The van der Waals surface area contributed by atoms with Gasteiger partial charge in [0.2, 0.25) is 17.7 Å². The van der Waals surface area contributed by atoms with Crippen molar-refractivity contribution in [3.63, 3.8) is 0 Å². The zero-order valence-electron chi connectivity index (χ0n) is 20.4. The quantitative estimate of drug-likeness (QED) is 0.144. The van der Waals surface area contributed by atoms with E-state index in [1.165, 1.54) is 32.0 Å². The van der Waals surface area contributed by atoms with Gasteiger partial charge in [0.05, 0.1) is 18.8 Å². The standard InChI is InChI=1S/C22H34N8O6/c1-4-11(2)18(30-20(33)17(23)12(3)31)21(34)28-15(5-13-7-24-9-26-13)19(32)29-16(22(35)36)6-14-8-25-10-27-14/h7-12,15-18,31H,4-6,23H2,1-3H3,(H,24,26)(H,25,27)(H,28,34)(H,29,32)(H,30,33)(H,35,36). The normalized spacial score (nSPS) is 16.1. The van der Waals surface area contributed by atoms with E-state index in [0.717, 1.165) is 0 Å². The Kier molecular flexibility index (Phi) is 10.5. The van der Waals surface area contributed by atoms with Gasteiger partial charge in [-0.2, -0.15) is 0 Å². The number of rotatable bonds is 14. The molecule has 2 aromatic heterocycles. The molecule has 0 saturated carbocycles. The number of carboxylic acids is 1. The average molecular weight is 507 g/mol. The van der Waals surface area contributed by atoms with Crippen LogP contribution < -0.4 is 21.7 Å². The van der Waals surface area contributed by atoms with Gasteiger partial charge in [-0.3, -0.25) is 14.4 Å². The van der Waals surface area contributed by atoms with Crippen molar-refractivity contribution >= 4 is 23.7 Å². The highest BCUT2D eigenvalue weighted by Crippen LogP contribution is 2.10. The third-order valence-electron chi connectivity index (χ3n) is 5.82. The number of nitrogens with one attached hydrogen (secondary N) is 5. The Labute approximate surface area is 207 Å². The molecule has 9 N–H and O–H groups in total. The number of amides is 3. The lowest BCUT2D eigenvalue weighted by Gasteiger charge is -2.28. The lowest BCUT2D eigenvalue weighted by atomic mass is 9.97. The molecule has 0 aliphatic rings. The van der Waals surface area contributed by atoms with Crippen LogP contribution in [0.1, 0.15) is 38.6 Å². The highest BCUT2D eigenvalue weighted by atomic mass is 16.4. The molecule has 6 unspecified atom stereocenters. The van der Waals surface area contributed by atoms with Gasteiger partial charge in [-0.05, 0) is 12.8 Å². The summed E-state index contributed by atoms with van der Waals surface area (Å²) in [5.74, 6) is -3.71. The number of H-pyrrole nitrogens is 2. The number of carbonyl (C=O) groups is 4. The summed E-state index contributed by atoms with van der Waals surface area (Å²) in [5, 5.41) is 26.8. The van der Waals surface area contributed by atoms with Gasteiger partial charge in [0.25, 0.3) is 0 Å². The summed E-state index contributed by atoms with van der Waals surface area (Å²) < 4.78 is 0. The second-order valence-electron chi connectivity index (χ2n) is 8.66. The molecule has 0 radical (unpaired) electrons. The topological polar surface area (TPSA) is 228 Å². The molecule has 6 atom stereocenters. The maximum Gasteiger partial charge on any atom is 0.326 e. The number of aliphatic hydroxyl groups excluding tert-OH is 1. The van der Waals surface area contributed by atoms with Crippen LogP contribution in [0, 0.1) is 5.92 Å². The Morgan fingerprint density at radius 1 is 0.917 bits per heavy atom. The Morgan fingerprint density at radius 3 is 1.89 bits per heavy atom. The van der Waals surface area contributed by atoms with Crippen molar-refractivity contribution in [2.24, 2.45) is 11.7 Å². The van der Waals surface area contributed by atoms with Crippen LogP contribution in [-0.4, -0.2) is 84.1 Å². The van der Waals surface area contributed by atoms with Crippen LogP contribution in [0.5, 0.6) is 0 Å². The van der Waals surface area contributed by atoms with Crippen LogP contribution in [0.25, 0.3) is 0 Å². The molecule has 2 rings (SSSR count). The van der Waals surface area contributed by atoms with Crippen LogP contribution in [0.3, 0.4) is 0 Å². The van der Waals surface area contributed by atoms with Gasteiger partial charge in [0, 0.05) is 36.6 Å². The van der Waals surface area contributed by atoms with E-state index < -0.39 is 54.0 Å². The lowest BCUT2D eigenvalue weighted by Crippen LogP contribution is -2.60. The molecule has 2 aromatic rings. The molecule has 0 aliphatic carbocycles. The number of aromatic amines is 2. The molecule has 0 aromatic carbocycles. The number of aliphatic carboxylic acids is 1. The van der Waals surface area contributed by atoms with Crippen LogP contribution in [-0.2, 0) is 32.0 Å². The molecule has 0 spiro atoms. The van der Waals surface area contributed by atoms with E-state index in [-0.39, 0.29) is 18.8 Å². The molecular weight excluding hydrogens is 472 g/mol. The number of aromatic nitrogens is 4. The first-order valence-corrected chi connectivity index (χ1v) is 11.6. The summed E-state index contributed by atoms with van der Waals surface area (Å²) in [6, 6.07) is -4.76. The van der Waals surface area contributed by atoms with Gasteiger partial charge in [-0.1, -0.05) is 20.3 Å². The zero-order chi connectivity index (χ0) is 26.8. The van der Waals surface area contributed by atoms with E-state index in [1.54, 1.807) is 6.92 Å². The van der Waals surface area contributed by atoms with E-state index in [1.807, 2.05) is 6.92 Å². The monoisotopic (exact) mass is 506 g/mol. The third-order valence-corrected chi connectivity index (χ3v) is 5.82. The zero-order valence-corrected chi connectivity index (χ0v) is 20.4. The molecule has 198 valence electrons. The van der Waals surface area contributed by atoms with E-state index in [0.29, 0.717) is 17.8 Å². The summed E-state index contributed by atoms with van der Waals surface area (Å²) in [6.07, 6.45) is 5.05. The second kappa shape index (κ2) is 13.3. The van der Waals surface area contributed by atoms with Gasteiger partial charge in [0.1, 0.15) is 24.2 Å². The van der Waals surface area contributed by atoms with E-state index in [2.05, 4.69) is 35.9 Å². The van der Waals surface area contributed by atoms with Crippen molar-refractivity contribution in [3.8, 4) is 0 Å². The fraction of sp³-hybridized carbons (Fsp3) is 0.545. The predicted molar refractivity (Wildman–Crippen MR) is 127 cm³/mol. The van der Waals surface area contributed by atoms with Crippen molar-refractivity contribution < 1.29 is 29.4 Å². The van der Waals surface area contributed by atoms with Gasteiger partial charge >= 0.3 is 5.97 Å². The van der Waals surface area contributed by atoms with E-state index in [4.69, 9.17) is 5.73 Å². The van der Waals surface area contributed by atoms with Gasteiger partial charge < -0.3 is 41.9 Å². The van der Waals surface area contributed by atoms with Crippen molar-refractivity contribution in [1.82, 2.24) is 35.9 Å². The van der Waals surface area contributed by atoms with Crippen molar-refractivity contribution in [2.45, 2.75) is 70.3 Å². The number of aliphatic hydroxyl groups is 1. The summed E-state index contributed by atoms with van der Waals surface area (Å²) in [6.45, 7) is 4.93. The first-order valence-electron chi connectivity index (χ1n) is 11.6. The number of nitrogens with zero attached hydrogens (tertiary/aromatic N) is 2. The molecular formula is C22H34N8O6. The van der Waals surface area contributed by atoms with Crippen molar-refractivity contribution in [1.29, 1.82) is 0 Å². The molecule has 3 amide bonds. The minimum atomic E-state index is -1.28. The van der Waals surface area contributed by atoms with Crippen LogP contribution in [0.15, 0.2) is 25.0 Å². The predicted octanol–water partition coefficient (Wildman–Crippen LogP) is -1.79. The molecule has 0 bridgehead atoms. The number of imidazole rings is 2. The highest BCUT2D eigenvalue weighted by molar-refractivity contribution is 5.94. The summed E-state index contributed by atoms with van der Waals surface area (Å²) >= 11 is 0. The fourth-order valence-corrected chi connectivity index (χ4v) is 3.35. The summed E-state index contributed by atoms with van der Waals surface area (Å²) in [5.41, 5.74) is 6.73. The van der Waals surface area contributed by atoms with Gasteiger partial charge in [-0.15, -0.1) is 0 Å².